The summed E-state index contributed by atoms with van der Waals surface area (Å²) < 4.78 is 1.91. The lowest BCUT2D eigenvalue weighted by Gasteiger charge is -2.05. The molecule has 1 aromatic carbocycles. The molecule has 1 saturated carbocycles. The predicted molar refractivity (Wildman–Crippen MR) is 73.2 cm³/mol. The Hall–Kier alpha value is -1.61. The van der Waals surface area contributed by atoms with Gasteiger partial charge in [0.15, 0.2) is 0 Å². The summed E-state index contributed by atoms with van der Waals surface area (Å²) in [5, 5.41) is 7.82. The highest BCUT2D eigenvalue weighted by Crippen LogP contribution is 2.23. The summed E-state index contributed by atoms with van der Waals surface area (Å²) in [4.78, 5) is 0. The number of rotatable bonds is 4. The standard InChI is InChI=1S/C15H19N3/c1-11-15(10-17-18(11)2)13-5-3-12(4-6-13)9-16-14-7-8-14/h3-6,10,14,16H,7-9H2,1-2H3. The zero-order chi connectivity index (χ0) is 12.5. The lowest BCUT2D eigenvalue weighted by atomic mass is 10.0. The van der Waals surface area contributed by atoms with E-state index in [9.17, 15) is 0 Å². The first-order valence-corrected chi connectivity index (χ1v) is 6.55. The summed E-state index contributed by atoms with van der Waals surface area (Å²) in [6.07, 6.45) is 4.62. The molecule has 0 spiro atoms. The lowest BCUT2D eigenvalue weighted by molar-refractivity contribution is 0.688. The van der Waals surface area contributed by atoms with Crippen LogP contribution in [0.15, 0.2) is 30.5 Å². The van der Waals surface area contributed by atoms with E-state index in [1.165, 1.54) is 35.2 Å². The van der Waals surface area contributed by atoms with E-state index in [4.69, 9.17) is 0 Å². The monoisotopic (exact) mass is 241 g/mol. The van der Waals surface area contributed by atoms with Gasteiger partial charge >= 0.3 is 0 Å². The highest BCUT2D eigenvalue weighted by Gasteiger charge is 2.19. The third-order valence-electron chi connectivity index (χ3n) is 3.67. The molecule has 18 heavy (non-hydrogen) atoms. The molecular formula is C15H19N3. The van der Waals surface area contributed by atoms with Crippen molar-refractivity contribution in [2.75, 3.05) is 0 Å². The fourth-order valence-corrected chi connectivity index (χ4v) is 2.13. The van der Waals surface area contributed by atoms with Gasteiger partial charge in [-0.05, 0) is 30.9 Å². The van der Waals surface area contributed by atoms with Crippen molar-refractivity contribution >= 4 is 0 Å². The smallest absolute Gasteiger partial charge is 0.0571 e. The molecule has 1 aliphatic carbocycles. The van der Waals surface area contributed by atoms with E-state index in [1.54, 1.807) is 0 Å². The van der Waals surface area contributed by atoms with Crippen molar-refractivity contribution in [3.05, 3.63) is 41.7 Å². The van der Waals surface area contributed by atoms with Gasteiger partial charge in [-0.2, -0.15) is 5.10 Å². The quantitative estimate of drug-likeness (QED) is 0.892. The molecule has 0 radical (unpaired) electrons. The molecule has 0 amide bonds. The van der Waals surface area contributed by atoms with Crippen LogP contribution in [-0.4, -0.2) is 15.8 Å². The van der Waals surface area contributed by atoms with E-state index in [-0.39, 0.29) is 0 Å². The highest BCUT2D eigenvalue weighted by molar-refractivity contribution is 5.65. The van der Waals surface area contributed by atoms with Crippen LogP contribution in [0.1, 0.15) is 24.1 Å². The Bertz CT molecular complexity index is 535. The van der Waals surface area contributed by atoms with E-state index in [0.29, 0.717) is 0 Å². The van der Waals surface area contributed by atoms with Gasteiger partial charge in [-0.1, -0.05) is 24.3 Å². The molecule has 1 aromatic heterocycles. The topological polar surface area (TPSA) is 29.9 Å². The van der Waals surface area contributed by atoms with Crippen molar-refractivity contribution in [1.82, 2.24) is 15.1 Å². The van der Waals surface area contributed by atoms with Crippen molar-refractivity contribution in [2.45, 2.75) is 32.4 Å². The second-order valence-electron chi connectivity index (χ2n) is 5.12. The van der Waals surface area contributed by atoms with Crippen LogP contribution in [0.2, 0.25) is 0 Å². The fraction of sp³-hybridized carbons (Fsp3) is 0.400. The number of benzene rings is 1. The summed E-state index contributed by atoms with van der Waals surface area (Å²) in [7, 11) is 1.98. The summed E-state index contributed by atoms with van der Waals surface area (Å²) in [6, 6.07) is 9.56. The normalized spacial score (nSPS) is 15.0. The minimum Gasteiger partial charge on any atom is -0.310 e. The molecule has 3 heteroatoms. The number of aryl methyl sites for hydroxylation is 1. The average Bonchev–Trinajstić information content (AvgIpc) is 3.16. The van der Waals surface area contributed by atoms with Gasteiger partial charge in [-0.25, -0.2) is 0 Å². The zero-order valence-corrected chi connectivity index (χ0v) is 11.0. The second kappa shape index (κ2) is 4.58. The van der Waals surface area contributed by atoms with Crippen LogP contribution in [-0.2, 0) is 13.6 Å². The van der Waals surface area contributed by atoms with Crippen molar-refractivity contribution in [2.24, 2.45) is 7.05 Å². The third-order valence-corrected chi connectivity index (χ3v) is 3.67. The van der Waals surface area contributed by atoms with Gasteiger partial charge < -0.3 is 5.32 Å². The molecule has 0 atom stereocenters. The lowest BCUT2D eigenvalue weighted by Crippen LogP contribution is -2.14. The maximum Gasteiger partial charge on any atom is 0.0571 e. The molecule has 0 aliphatic heterocycles. The largest absolute Gasteiger partial charge is 0.310 e. The Balaban J connectivity index is 1.75. The molecule has 1 fully saturated rings. The van der Waals surface area contributed by atoms with E-state index in [1.807, 2.05) is 17.9 Å². The number of hydrogen-bond donors (Lipinski definition) is 1. The van der Waals surface area contributed by atoms with Crippen LogP contribution in [0.4, 0.5) is 0 Å². The first kappa shape index (κ1) is 11.5. The Morgan fingerprint density at radius 3 is 2.56 bits per heavy atom. The van der Waals surface area contributed by atoms with Crippen molar-refractivity contribution < 1.29 is 0 Å². The first-order chi connectivity index (χ1) is 8.74. The van der Waals surface area contributed by atoms with Crippen molar-refractivity contribution in [1.29, 1.82) is 0 Å². The van der Waals surface area contributed by atoms with Crippen LogP contribution in [0.3, 0.4) is 0 Å². The van der Waals surface area contributed by atoms with Crippen LogP contribution >= 0.6 is 0 Å². The number of aromatic nitrogens is 2. The average molecular weight is 241 g/mol. The zero-order valence-electron chi connectivity index (χ0n) is 11.0. The van der Waals surface area contributed by atoms with Gasteiger partial charge in [0.2, 0.25) is 0 Å². The Morgan fingerprint density at radius 2 is 2.00 bits per heavy atom. The third kappa shape index (κ3) is 2.31. The molecule has 1 aliphatic rings. The SMILES string of the molecule is Cc1c(-c2ccc(CNC3CC3)cc2)cnn1C. The van der Waals surface area contributed by atoms with Gasteiger partial charge in [-0.3, -0.25) is 4.68 Å². The fourth-order valence-electron chi connectivity index (χ4n) is 2.13. The Labute approximate surface area is 108 Å². The van der Waals surface area contributed by atoms with Gasteiger partial charge in [0.1, 0.15) is 0 Å². The summed E-state index contributed by atoms with van der Waals surface area (Å²) in [5.41, 5.74) is 5.03. The highest BCUT2D eigenvalue weighted by atomic mass is 15.3. The van der Waals surface area contributed by atoms with Crippen molar-refractivity contribution in [3.63, 3.8) is 0 Å². The number of nitrogens with zero attached hydrogens (tertiary/aromatic N) is 2. The van der Waals surface area contributed by atoms with Gasteiger partial charge in [0.05, 0.1) is 6.20 Å². The van der Waals surface area contributed by atoms with Crippen LogP contribution in [0.25, 0.3) is 11.1 Å². The number of nitrogens with one attached hydrogen (secondary N) is 1. The van der Waals surface area contributed by atoms with E-state index in [0.717, 1.165) is 12.6 Å². The van der Waals surface area contributed by atoms with Crippen LogP contribution in [0.5, 0.6) is 0 Å². The van der Waals surface area contributed by atoms with Crippen LogP contribution in [0, 0.1) is 6.92 Å². The Kier molecular flexibility index (Phi) is 2.92. The van der Waals surface area contributed by atoms with E-state index in [2.05, 4.69) is 41.6 Å². The number of hydrogen-bond acceptors (Lipinski definition) is 2. The van der Waals surface area contributed by atoms with Crippen molar-refractivity contribution in [3.8, 4) is 11.1 Å². The molecule has 0 unspecified atom stereocenters. The minimum atomic E-state index is 0.769. The van der Waals surface area contributed by atoms with Gasteiger partial charge in [0.25, 0.3) is 0 Å². The van der Waals surface area contributed by atoms with E-state index < -0.39 is 0 Å². The summed E-state index contributed by atoms with van der Waals surface area (Å²) in [6.45, 7) is 3.09. The second-order valence-corrected chi connectivity index (χ2v) is 5.12. The Morgan fingerprint density at radius 1 is 1.28 bits per heavy atom. The predicted octanol–water partition coefficient (Wildman–Crippen LogP) is 2.65. The molecule has 2 aromatic rings. The van der Waals surface area contributed by atoms with Crippen LogP contribution < -0.4 is 5.32 Å². The molecule has 0 bridgehead atoms. The molecule has 3 rings (SSSR count). The molecule has 0 saturated heterocycles. The summed E-state index contributed by atoms with van der Waals surface area (Å²) in [5.74, 6) is 0. The first-order valence-electron chi connectivity index (χ1n) is 6.55. The van der Waals surface area contributed by atoms with Gasteiger partial charge in [0, 0.05) is 30.9 Å². The molecule has 3 nitrogen and oxygen atoms in total. The molecular weight excluding hydrogens is 222 g/mol. The summed E-state index contributed by atoms with van der Waals surface area (Å²) >= 11 is 0. The molecule has 94 valence electrons. The van der Waals surface area contributed by atoms with E-state index >= 15 is 0 Å². The molecule has 1 N–H and O–H groups in total. The maximum atomic E-state index is 4.29. The maximum absolute atomic E-state index is 4.29. The minimum absolute atomic E-state index is 0.769. The van der Waals surface area contributed by atoms with Gasteiger partial charge in [-0.15, -0.1) is 0 Å². The molecule has 1 heterocycles.